The molecule has 0 spiro atoms. The Bertz CT molecular complexity index is 1240. The smallest absolute Gasteiger partial charge is 0.295 e. The Labute approximate surface area is 147 Å². The van der Waals surface area contributed by atoms with Gasteiger partial charge in [0.15, 0.2) is 0 Å². The highest BCUT2D eigenvalue weighted by Gasteiger charge is 2.26. The van der Waals surface area contributed by atoms with E-state index in [0.717, 1.165) is 19.1 Å². The van der Waals surface area contributed by atoms with E-state index in [-0.39, 0.29) is 5.69 Å². The zero-order chi connectivity index (χ0) is 20.1. The van der Waals surface area contributed by atoms with Gasteiger partial charge in [0.2, 0.25) is 5.91 Å². The lowest BCUT2D eigenvalue weighted by Crippen LogP contribution is -2.11. The van der Waals surface area contributed by atoms with E-state index in [9.17, 15) is 39.2 Å². The van der Waals surface area contributed by atoms with Crippen molar-refractivity contribution in [3.8, 4) is 0 Å². The van der Waals surface area contributed by atoms with Crippen LogP contribution in [0, 0.1) is 0 Å². The van der Waals surface area contributed by atoms with Crippen LogP contribution in [0.15, 0.2) is 39.0 Å². The Morgan fingerprint density at radius 1 is 0.846 bits per heavy atom. The summed E-state index contributed by atoms with van der Waals surface area (Å²) in [5.74, 6) is -0.689. The van der Waals surface area contributed by atoms with Gasteiger partial charge < -0.3 is 5.32 Å². The first-order valence-electron chi connectivity index (χ1n) is 6.43. The Kier molecular flexibility index (Phi) is 4.86. The van der Waals surface area contributed by atoms with E-state index in [0.29, 0.717) is 12.1 Å². The number of hydrogen-bond donors (Lipinski definition) is 4. The number of rotatable bonds is 4. The van der Waals surface area contributed by atoms with Crippen molar-refractivity contribution in [2.24, 2.45) is 0 Å². The average molecular weight is 425 g/mol. The maximum Gasteiger partial charge on any atom is 0.295 e. The summed E-state index contributed by atoms with van der Waals surface area (Å²) in [6, 6.07) is 2.68. The fourth-order valence-corrected chi connectivity index (χ4v) is 4.31. The van der Waals surface area contributed by atoms with Gasteiger partial charge in [0.1, 0.15) is 9.79 Å². The molecule has 0 fully saturated rings. The van der Waals surface area contributed by atoms with Crippen molar-refractivity contribution in [2.75, 3.05) is 5.32 Å². The topological polar surface area (TPSA) is 192 Å². The second kappa shape index (κ2) is 6.26. The molecule has 2 aromatic rings. The number of nitrogens with one attached hydrogen (secondary N) is 1. The molecule has 2 rings (SSSR count). The van der Waals surface area contributed by atoms with Gasteiger partial charge in [0.05, 0.1) is 10.6 Å². The van der Waals surface area contributed by atoms with Crippen LogP contribution < -0.4 is 5.32 Å². The molecule has 4 N–H and O–H groups in total. The van der Waals surface area contributed by atoms with Gasteiger partial charge in [-0.2, -0.15) is 25.3 Å². The highest BCUT2D eigenvalue weighted by molar-refractivity contribution is 7.87. The molecule has 0 aliphatic heterocycles. The number of amides is 1. The van der Waals surface area contributed by atoms with Crippen LogP contribution in [0.4, 0.5) is 5.69 Å². The molecular formula is C12H11NO10S3. The Morgan fingerprint density at radius 2 is 1.38 bits per heavy atom. The van der Waals surface area contributed by atoms with Crippen LogP contribution in [-0.2, 0) is 35.1 Å². The van der Waals surface area contributed by atoms with Crippen molar-refractivity contribution in [2.45, 2.75) is 21.6 Å². The third kappa shape index (κ3) is 4.00. The molecule has 0 atom stereocenters. The summed E-state index contributed by atoms with van der Waals surface area (Å²) in [6.07, 6.45) is 0. The lowest BCUT2D eigenvalue weighted by atomic mass is 10.1. The molecule has 0 unspecified atom stereocenters. The predicted molar refractivity (Wildman–Crippen MR) is 87.7 cm³/mol. The standard InChI is InChI=1S/C12H11NO10S3/c1-6(14)13-9-2-3-10(25(18,19)20)8-4-7(24(15,16)17)5-11(12(8)9)26(21,22)23/h2-5H,1H3,(H,13,14)(H,15,16,17)(H,18,19,20)(H,21,22,23). The van der Waals surface area contributed by atoms with Gasteiger partial charge in [-0.05, 0) is 24.3 Å². The molecule has 0 aromatic heterocycles. The lowest BCUT2D eigenvalue weighted by Gasteiger charge is -2.14. The number of hydrogen-bond acceptors (Lipinski definition) is 7. The zero-order valence-corrected chi connectivity index (χ0v) is 15.2. The largest absolute Gasteiger partial charge is 0.326 e. The van der Waals surface area contributed by atoms with Crippen LogP contribution in [0.2, 0.25) is 0 Å². The predicted octanol–water partition coefficient (Wildman–Crippen LogP) is 0.538. The summed E-state index contributed by atoms with van der Waals surface area (Å²) in [7, 11) is -15.1. The second-order valence-corrected chi connectivity index (χ2v) is 9.26. The van der Waals surface area contributed by atoms with Crippen LogP contribution in [0.25, 0.3) is 10.8 Å². The van der Waals surface area contributed by atoms with E-state index in [4.69, 9.17) is 4.55 Å². The fraction of sp³-hybridized carbons (Fsp3) is 0.0833. The number of carbonyl (C=O) groups is 1. The van der Waals surface area contributed by atoms with Gasteiger partial charge in [-0.25, -0.2) is 0 Å². The molecule has 1 amide bonds. The Morgan fingerprint density at radius 3 is 1.81 bits per heavy atom. The van der Waals surface area contributed by atoms with Crippen LogP contribution >= 0.6 is 0 Å². The molecule has 0 heterocycles. The molecule has 0 saturated heterocycles. The number of benzene rings is 2. The summed E-state index contributed by atoms with van der Waals surface area (Å²) in [5, 5.41) is 0.950. The number of fused-ring (bicyclic) bond motifs is 1. The zero-order valence-electron chi connectivity index (χ0n) is 12.7. The van der Waals surface area contributed by atoms with Gasteiger partial charge in [-0.1, -0.05) is 0 Å². The van der Waals surface area contributed by atoms with E-state index < -0.39 is 61.7 Å². The summed E-state index contributed by atoms with van der Waals surface area (Å²) >= 11 is 0. The van der Waals surface area contributed by atoms with E-state index in [2.05, 4.69) is 5.32 Å². The number of carbonyl (C=O) groups excluding carboxylic acids is 1. The van der Waals surface area contributed by atoms with E-state index in [1.807, 2.05) is 0 Å². The van der Waals surface area contributed by atoms with Crippen LogP contribution in [0.1, 0.15) is 6.92 Å². The summed E-state index contributed by atoms with van der Waals surface area (Å²) in [5.41, 5.74) is -0.283. The van der Waals surface area contributed by atoms with Crippen LogP contribution in [-0.4, -0.2) is 44.8 Å². The van der Waals surface area contributed by atoms with Crippen molar-refractivity contribution in [3.63, 3.8) is 0 Å². The summed E-state index contributed by atoms with van der Waals surface area (Å²) in [6.45, 7) is 1.06. The highest BCUT2D eigenvalue weighted by atomic mass is 32.2. The SMILES string of the molecule is CC(=O)Nc1ccc(S(=O)(=O)O)c2cc(S(=O)(=O)O)cc(S(=O)(=O)O)c12. The van der Waals surface area contributed by atoms with Gasteiger partial charge in [0.25, 0.3) is 30.4 Å². The third-order valence-electron chi connectivity index (χ3n) is 3.18. The van der Waals surface area contributed by atoms with Crippen molar-refractivity contribution in [1.82, 2.24) is 0 Å². The first kappa shape index (κ1) is 20.2. The van der Waals surface area contributed by atoms with Crippen molar-refractivity contribution in [3.05, 3.63) is 24.3 Å². The van der Waals surface area contributed by atoms with Gasteiger partial charge in [-0.15, -0.1) is 0 Å². The highest BCUT2D eigenvalue weighted by Crippen LogP contribution is 2.36. The molecule has 2 aromatic carbocycles. The Balaban J connectivity index is 3.23. The average Bonchev–Trinajstić information content (AvgIpc) is 2.42. The molecule has 142 valence electrons. The van der Waals surface area contributed by atoms with Crippen LogP contribution in [0.3, 0.4) is 0 Å². The second-order valence-electron chi connectivity index (χ2n) is 5.06. The van der Waals surface area contributed by atoms with E-state index >= 15 is 0 Å². The van der Waals surface area contributed by atoms with Crippen molar-refractivity contribution >= 4 is 52.7 Å². The van der Waals surface area contributed by atoms with Crippen molar-refractivity contribution < 1.29 is 43.7 Å². The minimum Gasteiger partial charge on any atom is -0.326 e. The van der Waals surface area contributed by atoms with E-state index in [1.54, 1.807) is 0 Å². The quantitative estimate of drug-likeness (QED) is 0.502. The van der Waals surface area contributed by atoms with Crippen molar-refractivity contribution in [1.29, 1.82) is 0 Å². The monoisotopic (exact) mass is 425 g/mol. The molecule has 0 bridgehead atoms. The molecule has 0 aliphatic carbocycles. The minimum absolute atomic E-state index is 0.283. The maximum atomic E-state index is 11.7. The van der Waals surface area contributed by atoms with Gasteiger partial charge >= 0.3 is 0 Å². The molecular weight excluding hydrogens is 414 g/mol. The summed E-state index contributed by atoms with van der Waals surface area (Å²) in [4.78, 5) is 8.24. The molecule has 0 aliphatic rings. The molecule has 0 radical (unpaired) electrons. The van der Waals surface area contributed by atoms with Gasteiger partial charge in [-0.3, -0.25) is 18.5 Å². The lowest BCUT2D eigenvalue weighted by molar-refractivity contribution is -0.114. The first-order valence-corrected chi connectivity index (χ1v) is 10.7. The molecule has 0 saturated carbocycles. The molecule has 26 heavy (non-hydrogen) atoms. The Hall–Kier alpha value is -2.10. The first-order chi connectivity index (χ1) is 11.6. The third-order valence-corrected chi connectivity index (χ3v) is 5.80. The molecule has 14 heteroatoms. The van der Waals surface area contributed by atoms with Crippen LogP contribution in [0.5, 0.6) is 0 Å². The van der Waals surface area contributed by atoms with E-state index in [1.165, 1.54) is 0 Å². The summed E-state index contributed by atoms with van der Waals surface area (Å²) < 4.78 is 97.1. The number of anilines is 1. The normalized spacial score (nSPS) is 12.9. The molecule has 11 nitrogen and oxygen atoms in total. The minimum atomic E-state index is -5.14. The van der Waals surface area contributed by atoms with Gasteiger partial charge in [0, 0.05) is 17.7 Å². The fourth-order valence-electron chi connectivity index (χ4n) is 2.27. The maximum absolute atomic E-state index is 11.7.